The van der Waals surface area contributed by atoms with E-state index >= 15 is 0 Å². The van der Waals surface area contributed by atoms with Crippen molar-refractivity contribution in [1.29, 1.82) is 0 Å². The van der Waals surface area contributed by atoms with E-state index in [9.17, 15) is 19.2 Å². The fraction of sp³-hybridized carbons (Fsp3) is 0.366. The average molecular weight is 747 g/mol. The molecule has 55 heavy (non-hydrogen) atoms. The van der Waals surface area contributed by atoms with Crippen LogP contribution in [0, 0.1) is 0 Å². The van der Waals surface area contributed by atoms with E-state index in [1.54, 1.807) is 22.9 Å². The third-order valence-electron chi connectivity index (χ3n) is 10.8. The fourth-order valence-corrected chi connectivity index (χ4v) is 7.80. The first-order valence-electron chi connectivity index (χ1n) is 18.9. The number of aromatic nitrogens is 4. The first-order chi connectivity index (χ1) is 26.7. The molecule has 5 N–H and O–H groups in total. The smallest absolute Gasteiger partial charge is 0.407 e. The Balaban J connectivity index is 1.02. The molecule has 286 valence electrons. The number of nitrogens with one attached hydrogen (secondary N) is 4. The molecule has 4 atom stereocenters. The van der Waals surface area contributed by atoms with Gasteiger partial charge in [-0.15, -0.1) is 0 Å². The molecule has 2 aliphatic heterocycles. The highest BCUT2D eigenvalue weighted by Crippen LogP contribution is 2.35. The monoisotopic (exact) mass is 746 g/mol. The number of ether oxygens (including phenoxy) is 1. The molecule has 2 aromatic heterocycles. The number of rotatable bonds is 11. The van der Waals surface area contributed by atoms with E-state index < -0.39 is 24.3 Å². The minimum atomic E-state index is -1.21. The topological polar surface area (TPSA) is 186 Å². The van der Waals surface area contributed by atoms with Gasteiger partial charge in [-0.3, -0.25) is 9.59 Å². The third-order valence-corrected chi connectivity index (χ3v) is 10.8. The van der Waals surface area contributed by atoms with Gasteiger partial charge in [0.15, 0.2) is 0 Å². The van der Waals surface area contributed by atoms with Crippen molar-refractivity contribution in [2.24, 2.45) is 0 Å². The van der Waals surface area contributed by atoms with Gasteiger partial charge in [0.2, 0.25) is 11.8 Å². The van der Waals surface area contributed by atoms with Gasteiger partial charge in [0.25, 0.3) is 0 Å². The van der Waals surface area contributed by atoms with Crippen molar-refractivity contribution in [3.05, 3.63) is 84.7 Å². The number of hydrogen-bond donors (Lipinski definition) is 5. The number of methoxy groups -OCH3 is 1. The van der Waals surface area contributed by atoms with E-state index in [0.29, 0.717) is 31.8 Å². The standard InChI is InChI=1S/C41H46N8O6/c1-4-30(46-40(52)53)38(50)48-18-6-8-34(48)36-42-22-32(44-36)25-12-10-24(11-13-25)26-14-15-28-21-29(17-16-27(28)20-26)33-23-43-37(45-33)35-9-7-19-49(35)39(51)31(5-2)47-41(54)55-3/h10-17,20-23,30-31,34-35,46H,4-9,18-19H2,1-3H3,(H,42,44)(H,43,45)(H,47,54)(H,52,53)/t30-,31-,34-,35-/m0/s1. The van der Waals surface area contributed by atoms with Gasteiger partial charge in [-0.2, -0.15) is 0 Å². The van der Waals surface area contributed by atoms with Crippen LogP contribution in [0.2, 0.25) is 0 Å². The molecular formula is C41H46N8O6. The van der Waals surface area contributed by atoms with Crippen LogP contribution in [-0.4, -0.2) is 91.1 Å². The highest BCUT2D eigenvalue weighted by atomic mass is 16.5. The van der Waals surface area contributed by atoms with Crippen LogP contribution in [0.25, 0.3) is 44.4 Å². The molecule has 4 amide bonds. The van der Waals surface area contributed by atoms with Crippen molar-refractivity contribution in [3.8, 4) is 33.6 Å². The van der Waals surface area contributed by atoms with E-state index in [-0.39, 0.29) is 23.9 Å². The van der Waals surface area contributed by atoms with Crippen LogP contribution in [0.3, 0.4) is 0 Å². The summed E-state index contributed by atoms with van der Waals surface area (Å²) in [6.45, 7) is 4.81. The van der Waals surface area contributed by atoms with Crippen LogP contribution in [0.15, 0.2) is 73.1 Å². The Labute approximate surface area is 318 Å². The Morgan fingerprint density at radius 3 is 1.73 bits per heavy atom. The summed E-state index contributed by atoms with van der Waals surface area (Å²) in [7, 11) is 1.28. The number of aromatic amines is 2. The van der Waals surface area contributed by atoms with Gasteiger partial charge in [0.05, 0.1) is 43.0 Å². The number of alkyl carbamates (subject to hydrolysis) is 1. The van der Waals surface area contributed by atoms with Crippen LogP contribution in [-0.2, 0) is 14.3 Å². The summed E-state index contributed by atoms with van der Waals surface area (Å²) >= 11 is 0. The Hall–Kier alpha value is -6.18. The molecule has 0 aliphatic carbocycles. The molecule has 2 saturated heterocycles. The molecule has 0 bridgehead atoms. The molecule has 0 saturated carbocycles. The van der Waals surface area contributed by atoms with Gasteiger partial charge < -0.3 is 40.2 Å². The number of likely N-dealkylation sites (tertiary alicyclic amines) is 2. The SMILES string of the molecule is CC[C@H](NC(=O)O)C(=O)N1CCC[C@H]1c1ncc(-c2ccc(-c3ccc4cc(-c5cnc([C@@H]6CCCN6C(=O)[C@H](CC)NC(=O)OC)[nH]5)ccc4c3)cc2)[nH]1. The third kappa shape index (κ3) is 7.75. The molecule has 2 fully saturated rings. The van der Waals surface area contributed by atoms with Crippen molar-refractivity contribution < 1.29 is 29.0 Å². The van der Waals surface area contributed by atoms with E-state index in [1.165, 1.54) is 7.11 Å². The van der Waals surface area contributed by atoms with Crippen molar-refractivity contribution in [2.75, 3.05) is 20.2 Å². The Bertz CT molecular complexity index is 2200. The predicted molar refractivity (Wildman–Crippen MR) is 207 cm³/mol. The largest absolute Gasteiger partial charge is 0.465 e. The van der Waals surface area contributed by atoms with Gasteiger partial charge in [-0.25, -0.2) is 19.6 Å². The van der Waals surface area contributed by atoms with Gasteiger partial charge in [0, 0.05) is 18.7 Å². The number of carbonyl (C=O) groups is 4. The number of hydrogen-bond acceptors (Lipinski definition) is 7. The first-order valence-corrected chi connectivity index (χ1v) is 18.9. The zero-order valence-electron chi connectivity index (χ0n) is 31.2. The zero-order valence-corrected chi connectivity index (χ0v) is 31.2. The minimum Gasteiger partial charge on any atom is -0.465 e. The summed E-state index contributed by atoms with van der Waals surface area (Å²) in [6, 6.07) is 19.1. The number of carboxylic acid groups (broad SMARTS) is 1. The summed E-state index contributed by atoms with van der Waals surface area (Å²) in [6.07, 6.45) is 5.81. The Morgan fingerprint density at radius 1 is 0.727 bits per heavy atom. The summed E-state index contributed by atoms with van der Waals surface area (Å²) in [4.78, 5) is 69.3. The number of H-pyrrole nitrogens is 2. The van der Waals surface area contributed by atoms with Crippen LogP contribution >= 0.6 is 0 Å². The second-order valence-electron chi connectivity index (χ2n) is 14.1. The van der Waals surface area contributed by atoms with Crippen LogP contribution in [0.5, 0.6) is 0 Å². The molecular weight excluding hydrogens is 701 g/mol. The second-order valence-corrected chi connectivity index (χ2v) is 14.1. The maximum atomic E-state index is 13.4. The van der Waals surface area contributed by atoms with Crippen molar-refractivity contribution in [2.45, 2.75) is 76.5 Å². The van der Waals surface area contributed by atoms with E-state index in [1.807, 2.05) is 25.3 Å². The lowest BCUT2D eigenvalue weighted by molar-refractivity contribution is -0.135. The van der Waals surface area contributed by atoms with Crippen LogP contribution in [0.4, 0.5) is 9.59 Å². The zero-order chi connectivity index (χ0) is 38.6. The lowest BCUT2D eigenvalue weighted by Gasteiger charge is -2.27. The van der Waals surface area contributed by atoms with Crippen molar-refractivity contribution in [1.82, 2.24) is 40.4 Å². The number of imidazole rings is 2. The average Bonchev–Trinajstić information content (AvgIpc) is 4.05. The quantitative estimate of drug-likeness (QED) is 0.0977. The molecule has 14 nitrogen and oxygen atoms in total. The van der Waals surface area contributed by atoms with E-state index in [2.05, 4.69) is 79.1 Å². The second kappa shape index (κ2) is 16.0. The number of nitrogens with zero attached hydrogens (tertiary/aromatic N) is 4. The lowest BCUT2D eigenvalue weighted by Crippen LogP contribution is -2.48. The van der Waals surface area contributed by atoms with Gasteiger partial charge in [0.1, 0.15) is 23.7 Å². The number of amides is 4. The Kier molecular flexibility index (Phi) is 10.8. The van der Waals surface area contributed by atoms with Crippen LogP contribution < -0.4 is 10.6 Å². The highest BCUT2D eigenvalue weighted by Gasteiger charge is 2.37. The number of benzene rings is 3. The summed E-state index contributed by atoms with van der Waals surface area (Å²) < 4.78 is 4.71. The molecule has 3 aromatic carbocycles. The lowest BCUT2D eigenvalue weighted by atomic mass is 9.98. The summed E-state index contributed by atoms with van der Waals surface area (Å²) in [5.74, 6) is 1.06. The minimum absolute atomic E-state index is 0.138. The predicted octanol–water partition coefficient (Wildman–Crippen LogP) is 6.79. The summed E-state index contributed by atoms with van der Waals surface area (Å²) in [5, 5.41) is 16.3. The normalized spacial score (nSPS) is 17.9. The van der Waals surface area contributed by atoms with Gasteiger partial charge in [-0.05, 0) is 78.1 Å². The van der Waals surface area contributed by atoms with Crippen molar-refractivity contribution in [3.63, 3.8) is 0 Å². The molecule has 4 heterocycles. The fourth-order valence-electron chi connectivity index (χ4n) is 7.80. The molecule has 0 unspecified atom stereocenters. The van der Waals surface area contributed by atoms with E-state index in [4.69, 9.17) is 9.84 Å². The molecule has 0 radical (unpaired) electrons. The highest BCUT2D eigenvalue weighted by molar-refractivity contribution is 5.91. The Morgan fingerprint density at radius 2 is 1.20 bits per heavy atom. The molecule has 5 aromatic rings. The summed E-state index contributed by atoms with van der Waals surface area (Å²) in [5.41, 5.74) is 5.82. The van der Waals surface area contributed by atoms with Gasteiger partial charge in [-0.1, -0.05) is 62.4 Å². The maximum Gasteiger partial charge on any atom is 0.407 e. The molecule has 14 heteroatoms. The number of fused-ring (bicyclic) bond motifs is 1. The molecule has 0 spiro atoms. The van der Waals surface area contributed by atoms with E-state index in [0.717, 1.165) is 75.9 Å². The molecule has 2 aliphatic rings. The van der Waals surface area contributed by atoms with Crippen LogP contribution in [0.1, 0.15) is 76.1 Å². The van der Waals surface area contributed by atoms with Gasteiger partial charge >= 0.3 is 12.2 Å². The first kappa shape index (κ1) is 37.1. The van der Waals surface area contributed by atoms with Crippen molar-refractivity contribution >= 4 is 34.8 Å². The molecule has 7 rings (SSSR count). The maximum absolute atomic E-state index is 13.4. The number of carbonyl (C=O) groups excluding carboxylic acids is 3.